The maximum absolute atomic E-state index is 13.2. The summed E-state index contributed by atoms with van der Waals surface area (Å²) in [6.45, 7) is 5.94. The molecule has 4 rings (SSSR count). The number of aryl methyl sites for hydroxylation is 2. The molecule has 2 aromatic heterocycles. The summed E-state index contributed by atoms with van der Waals surface area (Å²) in [4.78, 5) is 26.2. The molecule has 0 amide bonds. The van der Waals surface area contributed by atoms with Gasteiger partial charge in [-0.2, -0.15) is 0 Å². The van der Waals surface area contributed by atoms with Gasteiger partial charge in [-0.15, -0.1) is 22.7 Å². The molecule has 0 N–H and O–H groups in total. The Bertz CT molecular complexity index is 928. The SMILES string of the molecule is Cc1ncc(CC(=O)CC2CCC(CCN3CCc4sc(CCC(C)(F)F)nc4C3)CC2)s1. The smallest absolute Gasteiger partial charge is 0.245 e. The zero-order valence-electron chi connectivity index (χ0n) is 19.7. The highest BCUT2D eigenvalue weighted by molar-refractivity contribution is 7.12. The van der Waals surface area contributed by atoms with Gasteiger partial charge in [0.1, 0.15) is 5.78 Å². The van der Waals surface area contributed by atoms with Crippen molar-refractivity contribution >= 4 is 28.5 Å². The van der Waals surface area contributed by atoms with Crippen molar-refractivity contribution in [3.63, 3.8) is 0 Å². The summed E-state index contributed by atoms with van der Waals surface area (Å²) in [7, 11) is 0. The number of hydrogen-bond donors (Lipinski definition) is 0. The van der Waals surface area contributed by atoms with Gasteiger partial charge in [-0.05, 0) is 57.9 Å². The quantitative estimate of drug-likeness (QED) is 0.391. The van der Waals surface area contributed by atoms with Gasteiger partial charge in [0.15, 0.2) is 0 Å². The minimum atomic E-state index is -2.62. The van der Waals surface area contributed by atoms with Crippen molar-refractivity contribution in [3.05, 3.63) is 31.7 Å². The van der Waals surface area contributed by atoms with Crippen LogP contribution in [0.25, 0.3) is 0 Å². The van der Waals surface area contributed by atoms with Crippen LogP contribution in [-0.2, 0) is 30.6 Å². The fourth-order valence-corrected chi connectivity index (χ4v) is 6.98. The van der Waals surface area contributed by atoms with E-state index >= 15 is 0 Å². The number of aromatic nitrogens is 2. The zero-order valence-corrected chi connectivity index (χ0v) is 21.4. The summed E-state index contributed by atoms with van der Waals surface area (Å²) in [6, 6.07) is 0. The highest BCUT2D eigenvalue weighted by Gasteiger charge is 2.26. The second-order valence-corrected chi connectivity index (χ2v) is 12.5. The van der Waals surface area contributed by atoms with Gasteiger partial charge in [-0.3, -0.25) is 9.69 Å². The first-order chi connectivity index (χ1) is 15.7. The summed E-state index contributed by atoms with van der Waals surface area (Å²) in [5.74, 6) is -0.967. The molecule has 1 aliphatic heterocycles. The molecule has 0 unspecified atom stereocenters. The Morgan fingerprint density at radius 2 is 1.97 bits per heavy atom. The minimum Gasteiger partial charge on any atom is -0.299 e. The molecule has 0 saturated heterocycles. The van der Waals surface area contributed by atoms with E-state index in [2.05, 4.69) is 14.9 Å². The van der Waals surface area contributed by atoms with E-state index in [9.17, 15) is 13.6 Å². The second kappa shape index (κ2) is 11.0. The average molecular weight is 496 g/mol. The summed E-state index contributed by atoms with van der Waals surface area (Å²) in [5, 5.41) is 1.89. The van der Waals surface area contributed by atoms with Gasteiger partial charge < -0.3 is 0 Å². The topological polar surface area (TPSA) is 46.1 Å². The number of fused-ring (bicyclic) bond motifs is 1. The van der Waals surface area contributed by atoms with Crippen molar-refractivity contribution in [1.29, 1.82) is 0 Å². The standard InChI is InChI=1S/C25H35F2N3OS2/c1-17-28-15-21(32-17)14-20(31)13-19-5-3-18(4-6-19)8-11-30-12-9-23-22(16-30)29-24(33-23)7-10-25(2,26)27/h15,18-19H,3-14,16H2,1-2H3. The number of carbonyl (C=O) groups is 1. The molecule has 0 bridgehead atoms. The lowest BCUT2D eigenvalue weighted by atomic mass is 9.78. The fourth-order valence-electron chi connectivity index (χ4n) is 5.10. The maximum atomic E-state index is 13.2. The monoisotopic (exact) mass is 495 g/mol. The number of Topliss-reactive ketones (excluding diaryl/α,β-unsaturated/α-hetero) is 1. The largest absolute Gasteiger partial charge is 0.299 e. The highest BCUT2D eigenvalue weighted by atomic mass is 32.1. The van der Waals surface area contributed by atoms with Gasteiger partial charge in [0, 0.05) is 54.7 Å². The van der Waals surface area contributed by atoms with Gasteiger partial charge in [0.05, 0.1) is 15.7 Å². The molecule has 0 atom stereocenters. The van der Waals surface area contributed by atoms with E-state index in [0.29, 0.717) is 31.0 Å². The lowest BCUT2D eigenvalue weighted by Crippen LogP contribution is -2.32. The number of carbonyl (C=O) groups excluding carboxylic acids is 1. The molecular weight excluding hydrogens is 460 g/mol. The third kappa shape index (κ3) is 7.62. The van der Waals surface area contributed by atoms with E-state index < -0.39 is 5.92 Å². The van der Waals surface area contributed by atoms with Crippen LogP contribution in [0, 0.1) is 18.8 Å². The number of alkyl halides is 2. The predicted octanol–water partition coefficient (Wildman–Crippen LogP) is 6.25. The van der Waals surface area contributed by atoms with Crippen LogP contribution in [0.4, 0.5) is 8.78 Å². The van der Waals surface area contributed by atoms with Gasteiger partial charge >= 0.3 is 0 Å². The Morgan fingerprint density at radius 1 is 1.21 bits per heavy atom. The first-order valence-electron chi connectivity index (χ1n) is 12.2. The van der Waals surface area contributed by atoms with E-state index in [0.717, 1.165) is 59.5 Å². The van der Waals surface area contributed by atoms with Crippen molar-refractivity contribution in [1.82, 2.24) is 14.9 Å². The molecule has 2 aromatic rings. The molecule has 2 aliphatic rings. The second-order valence-electron chi connectivity index (χ2n) is 10.0. The van der Waals surface area contributed by atoms with Crippen LogP contribution in [0.1, 0.15) is 77.3 Å². The Labute approximate surface area is 203 Å². The van der Waals surface area contributed by atoms with Gasteiger partial charge in [0.2, 0.25) is 5.92 Å². The molecule has 0 aromatic carbocycles. The van der Waals surface area contributed by atoms with Crippen molar-refractivity contribution in [2.45, 2.75) is 90.5 Å². The van der Waals surface area contributed by atoms with Crippen LogP contribution < -0.4 is 0 Å². The minimum absolute atomic E-state index is 0.123. The number of hydrogen-bond acceptors (Lipinski definition) is 6. The van der Waals surface area contributed by atoms with Crippen LogP contribution >= 0.6 is 22.7 Å². The van der Waals surface area contributed by atoms with Crippen molar-refractivity contribution in [2.24, 2.45) is 11.8 Å². The number of halogens is 2. The summed E-state index contributed by atoms with van der Waals surface area (Å²) >= 11 is 3.26. The van der Waals surface area contributed by atoms with E-state index in [1.54, 1.807) is 22.7 Å². The maximum Gasteiger partial charge on any atom is 0.245 e. The average Bonchev–Trinajstić information content (AvgIpc) is 3.36. The highest BCUT2D eigenvalue weighted by Crippen LogP contribution is 2.34. The number of thiazole rings is 2. The van der Waals surface area contributed by atoms with Crippen molar-refractivity contribution < 1.29 is 13.6 Å². The summed E-state index contributed by atoms with van der Waals surface area (Å²) in [5.41, 5.74) is 1.11. The molecule has 1 fully saturated rings. The molecule has 1 saturated carbocycles. The first-order valence-corrected chi connectivity index (χ1v) is 13.9. The number of nitrogens with zero attached hydrogens (tertiary/aromatic N) is 3. The summed E-state index contributed by atoms with van der Waals surface area (Å²) < 4.78 is 26.3. The number of ketones is 1. The molecule has 1 aliphatic carbocycles. The van der Waals surface area contributed by atoms with E-state index in [1.807, 2.05) is 13.1 Å². The Hall–Kier alpha value is -1.25. The summed E-state index contributed by atoms with van der Waals surface area (Å²) in [6.07, 6.45) is 10.3. The van der Waals surface area contributed by atoms with Crippen LogP contribution in [0.15, 0.2) is 6.20 Å². The van der Waals surface area contributed by atoms with Crippen LogP contribution in [0.5, 0.6) is 0 Å². The third-order valence-corrected chi connectivity index (χ3v) is 9.14. The van der Waals surface area contributed by atoms with E-state index in [1.165, 1.54) is 37.0 Å². The third-order valence-electron chi connectivity index (χ3n) is 7.01. The van der Waals surface area contributed by atoms with Crippen LogP contribution in [-0.4, -0.2) is 39.7 Å². The van der Waals surface area contributed by atoms with Gasteiger partial charge in [-0.1, -0.05) is 12.8 Å². The number of rotatable bonds is 10. The van der Waals surface area contributed by atoms with Gasteiger partial charge in [0.25, 0.3) is 0 Å². The molecule has 182 valence electrons. The Kier molecular flexibility index (Phi) is 8.28. The van der Waals surface area contributed by atoms with Gasteiger partial charge in [-0.25, -0.2) is 18.7 Å². The molecule has 33 heavy (non-hydrogen) atoms. The zero-order chi connectivity index (χ0) is 23.4. The normalized spacial score (nSPS) is 21.8. The van der Waals surface area contributed by atoms with E-state index in [4.69, 9.17) is 0 Å². The fraction of sp³-hybridized carbons (Fsp3) is 0.720. The van der Waals surface area contributed by atoms with Crippen LogP contribution in [0.2, 0.25) is 0 Å². The molecule has 8 heteroatoms. The first kappa shape index (κ1) is 24.9. The predicted molar refractivity (Wildman–Crippen MR) is 130 cm³/mol. The lowest BCUT2D eigenvalue weighted by molar-refractivity contribution is -0.119. The van der Waals surface area contributed by atoms with Crippen molar-refractivity contribution in [2.75, 3.05) is 13.1 Å². The van der Waals surface area contributed by atoms with E-state index in [-0.39, 0.29) is 6.42 Å². The Balaban J connectivity index is 1.15. The lowest BCUT2D eigenvalue weighted by Gasteiger charge is -2.31. The van der Waals surface area contributed by atoms with Crippen molar-refractivity contribution in [3.8, 4) is 0 Å². The molecule has 4 nitrogen and oxygen atoms in total. The molecular formula is C25H35F2N3OS2. The Morgan fingerprint density at radius 3 is 2.67 bits per heavy atom. The van der Waals surface area contributed by atoms with Crippen LogP contribution in [0.3, 0.4) is 0 Å². The molecule has 0 radical (unpaired) electrons. The molecule has 3 heterocycles. The molecule has 0 spiro atoms.